The molecule has 2 heterocycles. The van der Waals surface area contributed by atoms with Crippen molar-refractivity contribution < 1.29 is 4.42 Å². The van der Waals surface area contributed by atoms with Gasteiger partial charge in [-0.3, -0.25) is 0 Å². The lowest BCUT2D eigenvalue weighted by atomic mass is 10.1. The van der Waals surface area contributed by atoms with Crippen molar-refractivity contribution in [3.05, 3.63) is 60.9 Å². The zero-order valence-corrected chi connectivity index (χ0v) is 11.7. The average Bonchev–Trinajstić information content (AvgIpc) is 3.16. The summed E-state index contributed by atoms with van der Waals surface area (Å²) in [5.74, 6) is 0. The van der Waals surface area contributed by atoms with E-state index in [4.69, 9.17) is 4.42 Å². The lowest BCUT2D eigenvalue weighted by molar-refractivity contribution is 0.669. The maximum atomic E-state index is 5.82. The Balaban J connectivity index is 0.000000581. The Labute approximate surface area is 118 Å². The summed E-state index contributed by atoms with van der Waals surface area (Å²) in [6.45, 7) is 4.00. The van der Waals surface area contributed by atoms with E-state index in [2.05, 4.69) is 29.2 Å². The molecule has 0 unspecified atom stereocenters. The second kappa shape index (κ2) is 5.25. The highest BCUT2D eigenvalue weighted by Gasteiger charge is 2.07. The van der Waals surface area contributed by atoms with E-state index in [-0.39, 0.29) is 0 Å². The summed E-state index contributed by atoms with van der Waals surface area (Å²) in [6.07, 6.45) is 3.94. The summed E-state index contributed by atoms with van der Waals surface area (Å²) >= 11 is 0. The quantitative estimate of drug-likeness (QED) is 0.475. The molecule has 4 rings (SSSR count). The fraction of sp³-hybridized carbons (Fsp3) is 0.111. The summed E-state index contributed by atoms with van der Waals surface area (Å²) in [7, 11) is 0. The first-order valence-corrected chi connectivity index (χ1v) is 6.96. The summed E-state index contributed by atoms with van der Waals surface area (Å²) in [6, 6.07) is 16.5. The number of para-hydroxylation sites is 1. The Morgan fingerprint density at radius 1 is 0.800 bits per heavy atom. The van der Waals surface area contributed by atoms with Crippen LogP contribution in [0.1, 0.15) is 13.8 Å². The van der Waals surface area contributed by atoms with Crippen molar-refractivity contribution >= 4 is 21.9 Å². The van der Waals surface area contributed by atoms with Crippen molar-refractivity contribution in [2.75, 3.05) is 0 Å². The van der Waals surface area contributed by atoms with Crippen molar-refractivity contribution in [3.8, 4) is 11.1 Å². The van der Waals surface area contributed by atoms with Gasteiger partial charge in [0.15, 0.2) is 0 Å². The molecule has 2 heteroatoms. The van der Waals surface area contributed by atoms with Gasteiger partial charge in [0.1, 0.15) is 11.2 Å². The Bertz CT molecular complexity index is 825. The highest BCUT2D eigenvalue weighted by Crippen LogP contribution is 2.31. The maximum absolute atomic E-state index is 5.82. The molecule has 0 aliphatic carbocycles. The first-order valence-electron chi connectivity index (χ1n) is 6.96. The monoisotopic (exact) mass is 263 g/mol. The molecule has 0 saturated carbocycles. The van der Waals surface area contributed by atoms with Gasteiger partial charge in [0.2, 0.25) is 0 Å². The molecule has 0 saturated heterocycles. The molecule has 0 fully saturated rings. The third-order valence-electron chi connectivity index (χ3n) is 3.31. The molecule has 0 spiro atoms. The van der Waals surface area contributed by atoms with Crippen molar-refractivity contribution in [3.63, 3.8) is 0 Å². The molecule has 2 nitrogen and oxygen atoms in total. The van der Waals surface area contributed by atoms with Gasteiger partial charge in [-0.2, -0.15) is 0 Å². The van der Waals surface area contributed by atoms with Gasteiger partial charge in [-0.1, -0.05) is 38.1 Å². The lowest BCUT2D eigenvalue weighted by Gasteiger charge is -1.97. The van der Waals surface area contributed by atoms with Gasteiger partial charge >= 0.3 is 0 Å². The number of fused-ring (bicyclic) bond motifs is 3. The van der Waals surface area contributed by atoms with Crippen LogP contribution in [0.4, 0.5) is 0 Å². The van der Waals surface area contributed by atoms with Crippen LogP contribution in [0.3, 0.4) is 0 Å². The first-order chi connectivity index (χ1) is 9.92. The third kappa shape index (κ3) is 1.99. The van der Waals surface area contributed by atoms with Crippen LogP contribution < -0.4 is 0 Å². The molecule has 0 aliphatic heterocycles. The predicted molar refractivity (Wildman–Crippen MR) is 84.9 cm³/mol. The van der Waals surface area contributed by atoms with Gasteiger partial charge in [0.05, 0.1) is 0 Å². The smallest absolute Gasteiger partial charge is 0.135 e. The van der Waals surface area contributed by atoms with Gasteiger partial charge < -0.3 is 9.40 Å². The molecule has 2 aromatic heterocycles. The van der Waals surface area contributed by atoms with Gasteiger partial charge in [-0.05, 0) is 35.4 Å². The summed E-state index contributed by atoms with van der Waals surface area (Å²) < 4.78 is 5.82. The van der Waals surface area contributed by atoms with E-state index < -0.39 is 0 Å². The van der Waals surface area contributed by atoms with Gasteiger partial charge in [-0.15, -0.1) is 0 Å². The number of hydrogen-bond donors (Lipinski definition) is 1. The van der Waals surface area contributed by atoms with Crippen molar-refractivity contribution in [1.29, 1.82) is 0 Å². The van der Waals surface area contributed by atoms with Crippen LogP contribution in [-0.4, -0.2) is 4.98 Å². The van der Waals surface area contributed by atoms with Gasteiger partial charge in [0.25, 0.3) is 0 Å². The van der Waals surface area contributed by atoms with Crippen LogP contribution in [0.2, 0.25) is 0 Å². The molecule has 1 N–H and O–H groups in total. The highest BCUT2D eigenvalue weighted by molar-refractivity contribution is 6.06. The van der Waals surface area contributed by atoms with Crippen LogP contribution in [0.15, 0.2) is 65.3 Å². The van der Waals surface area contributed by atoms with Crippen LogP contribution >= 0.6 is 0 Å². The Morgan fingerprint density at radius 2 is 1.60 bits per heavy atom. The molecular formula is C18H17NO. The number of H-pyrrole nitrogens is 1. The van der Waals surface area contributed by atoms with Crippen LogP contribution in [0, 0.1) is 0 Å². The predicted octanol–water partition coefficient (Wildman–Crippen LogP) is 5.61. The minimum atomic E-state index is 0.940. The number of furan rings is 1. The number of benzene rings is 2. The van der Waals surface area contributed by atoms with E-state index in [0.29, 0.717) is 0 Å². The van der Waals surface area contributed by atoms with E-state index in [1.807, 2.05) is 50.5 Å². The number of rotatable bonds is 1. The van der Waals surface area contributed by atoms with Gasteiger partial charge in [0, 0.05) is 23.2 Å². The maximum Gasteiger partial charge on any atom is 0.135 e. The number of hydrogen-bond acceptors (Lipinski definition) is 1. The van der Waals surface area contributed by atoms with Crippen LogP contribution in [0.5, 0.6) is 0 Å². The lowest BCUT2D eigenvalue weighted by Crippen LogP contribution is -1.73. The zero-order valence-electron chi connectivity index (χ0n) is 11.7. The molecule has 0 atom stereocenters. The molecular weight excluding hydrogens is 246 g/mol. The van der Waals surface area contributed by atoms with E-state index >= 15 is 0 Å². The van der Waals surface area contributed by atoms with Crippen molar-refractivity contribution in [2.45, 2.75) is 13.8 Å². The molecule has 0 bridgehead atoms. The summed E-state index contributed by atoms with van der Waals surface area (Å²) in [5, 5.41) is 2.34. The minimum Gasteiger partial charge on any atom is -0.456 e. The molecule has 0 amide bonds. The Hall–Kier alpha value is -2.48. The van der Waals surface area contributed by atoms with Crippen molar-refractivity contribution in [1.82, 2.24) is 4.98 Å². The molecule has 4 aromatic rings. The number of aromatic nitrogens is 1. The second-order valence-corrected chi connectivity index (χ2v) is 4.41. The van der Waals surface area contributed by atoms with E-state index in [9.17, 15) is 0 Å². The second-order valence-electron chi connectivity index (χ2n) is 4.41. The minimum absolute atomic E-state index is 0.940. The number of nitrogens with one attached hydrogen (secondary N) is 1. The zero-order chi connectivity index (χ0) is 13.9. The van der Waals surface area contributed by atoms with Crippen molar-refractivity contribution in [2.24, 2.45) is 0 Å². The molecule has 0 radical (unpaired) electrons. The SMILES string of the molecule is CC.c1ccc2c(c1)oc1ccc(-c3cc[nH]c3)cc12. The van der Waals surface area contributed by atoms with E-state index in [0.717, 1.165) is 11.2 Å². The topological polar surface area (TPSA) is 28.9 Å². The molecule has 0 aliphatic rings. The Kier molecular flexibility index (Phi) is 3.30. The average molecular weight is 263 g/mol. The largest absolute Gasteiger partial charge is 0.456 e. The highest BCUT2D eigenvalue weighted by atomic mass is 16.3. The third-order valence-corrected chi connectivity index (χ3v) is 3.31. The first kappa shape index (κ1) is 12.5. The molecule has 100 valence electrons. The standard InChI is InChI=1S/C16H11NO.C2H6/c1-2-4-15-13(3-1)14-9-11(5-6-16(14)18-15)12-7-8-17-10-12;1-2/h1-10,17H;1-2H3. The fourth-order valence-corrected chi connectivity index (χ4v) is 2.41. The molecule has 20 heavy (non-hydrogen) atoms. The van der Waals surface area contributed by atoms with Crippen LogP contribution in [-0.2, 0) is 0 Å². The summed E-state index contributed by atoms with van der Waals surface area (Å²) in [4.78, 5) is 3.08. The normalized spacial score (nSPS) is 10.5. The fourth-order valence-electron chi connectivity index (χ4n) is 2.41. The van der Waals surface area contributed by atoms with Crippen LogP contribution in [0.25, 0.3) is 33.1 Å². The van der Waals surface area contributed by atoms with Gasteiger partial charge in [-0.25, -0.2) is 0 Å². The van der Waals surface area contributed by atoms with E-state index in [1.54, 1.807) is 0 Å². The number of aromatic amines is 1. The molecule has 2 aromatic carbocycles. The summed E-state index contributed by atoms with van der Waals surface area (Å²) in [5.41, 5.74) is 4.28. The Morgan fingerprint density at radius 3 is 2.40 bits per heavy atom. The van der Waals surface area contributed by atoms with E-state index in [1.165, 1.54) is 21.9 Å².